The summed E-state index contributed by atoms with van der Waals surface area (Å²) in [6.45, 7) is 3.07. The van der Waals surface area contributed by atoms with Gasteiger partial charge in [0.2, 0.25) is 5.82 Å². The maximum Gasteiger partial charge on any atom is 0.271 e. The molecule has 1 atom stereocenters. The molecule has 10 nitrogen and oxygen atoms in total. The largest absolute Gasteiger partial charge is 0.496 e. The third kappa shape index (κ3) is 3.32. The van der Waals surface area contributed by atoms with Crippen LogP contribution in [0.2, 0.25) is 0 Å². The molecule has 2 aliphatic rings. The van der Waals surface area contributed by atoms with Crippen molar-refractivity contribution < 1.29 is 9.53 Å². The maximum absolute atomic E-state index is 13.9. The first-order chi connectivity index (χ1) is 17.4. The van der Waals surface area contributed by atoms with Crippen LogP contribution in [0, 0.1) is 11.3 Å². The van der Waals surface area contributed by atoms with Gasteiger partial charge in [-0.15, -0.1) is 21.5 Å². The zero-order valence-electron chi connectivity index (χ0n) is 20.2. The van der Waals surface area contributed by atoms with E-state index in [4.69, 9.17) is 4.74 Å². The molecule has 1 fully saturated rings. The number of tetrazole rings is 1. The van der Waals surface area contributed by atoms with E-state index in [2.05, 4.69) is 31.0 Å². The van der Waals surface area contributed by atoms with Crippen LogP contribution in [0.4, 0.5) is 0 Å². The number of likely N-dealkylation sites (tertiary alicyclic amines) is 1. The summed E-state index contributed by atoms with van der Waals surface area (Å²) in [5, 5.41) is 22.4. The van der Waals surface area contributed by atoms with Gasteiger partial charge in [0.1, 0.15) is 17.0 Å². The van der Waals surface area contributed by atoms with E-state index in [1.807, 2.05) is 31.3 Å². The zero-order chi connectivity index (χ0) is 25.0. The number of rotatable bonds is 4. The first kappa shape index (κ1) is 22.4. The Hall–Kier alpha value is -4.04. The molecule has 4 aromatic rings. The van der Waals surface area contributed by atoms with E-state index in [0.29, 0.717) is 36.8 Å². The number of amides is 1. The lowest BCUT2D eigenvalue weighted by atomic mass is 9.93. The van der Waals surface area contributed by atoms with Gasteiger partial charge in [-0.25, -0.2) is 0 Å². The predicted octanol–water partition coefficient (Wildman–Crippen LogP) is 3.55. The van der Waals surface area contributed by atoms with Crippen LogP contribution in [0.15, 0.2) is 29.9 Å². The fourth-order valence-electron chi connectivity index (χ4n) is 5.35. The first-order valence-electron chi connectivity index (χ1n) is 11.7. The van der Waals surface area contributed by atoms with Crippen molar-refractivity contribution in [3.05, 3.63) is 41.2 Å². The van der Waals surface area contributed by atoms with Crippen LogP contribution in [-0.4, -0.2) is 59.8 Å². The molecule has 0 spiro atoms. The summed E-state index contributed by atoms with van der Waals surface area (Å²) in [6, 6.07) is 8.39. The summed E-state index contributed by atoms with van der Waals surface area (Å²) in [5.74, 6) is 1.04. The zero-order valence-corrected chi connectivity index (χ0v) is 21.0. The Balaban J connectivity index is 1.56. The number of carbonyl (C=O) groups excluding carboxylic acids is 1. The van der Waals surface area contributed by atoms with Gasteiger partial charge in [0.05, 0.1) is 41.9 Å². The lowest BCUT2D eigenvalue weighted by Crippen LogP contribution is -2.44. The van der Waals surface area contributed by atoms with Gasteiger partial charge in [-0.3, -0.25) is 9.78 Å². The summed E-state index contributed by atoms with van der Waals surface area (Å²) in [7, 11) is 3.36. The molecule has 0 radical (unpaired) electrons. The van der Waals surface area contributed by atoms with Crippen molar-refractivity contribution in [3.8, 4) is 44.9 Å². The fourth-order valence-corrected chi connectivity index (χ4v) is 5.99. The molecule has 1 saturated heterocycles. The average Bonchev–Trinajstić information content (AvgIpc) is 3.68. The van der Waals surface area contributed by atoms with Gasteiger partial charge < -0.3 is 14.2 Å². The Kier molecular flexibility index (Phi) is 5.15. The van der Waals surface area contributed by atoms with Gasteiger partial charge >= 0.3 is 0 Å². The predicted molar refractivity (Wildman–Crippen MR) is 133 cm³/mol. The molecule has 0 saturated carbocycles. The highest BCUT2D eigenvalue weighted by Crippen LogP contribution is 2.45. The molecule has 0 N–H and O–H groups in total. The van der Waals surface area contributed by atoms with E-state index in [-0.39, 0.29) is 5.91 Å². The minimum Gasteiger partial charge on any atom is -0.496 e. The monoisotopic (exact) mass is 500 g/mol. The third-order valence-corrected chi connectivity index (χ3v) is 7.98. The van der Waals surface area contributed by atoms with E-state index in [9.17, 15) is 10.1 Å². The van der Waals surface area contributed by atoms with E-state index in [0.717, 1.165) is 45.7 Å². The van der Waals surface area contributed by atoms with Crippen molar-refractivity contribution in [1.82, 2.24) is 34.7 Å². The molecule has 2 aliphatic heterocycles. The number of ether oxygens (including phenoxy) is 1. The second-order valence-electron chi connectivity index (χ2n) is 9.32. The van der Waals surface area contributed by atoms with Crippen molar-refractivity contribution in [2.24, 2.45) is 7.05 Å². The molecule has 36 heavy (non-hydrogen) atoms. The Morgan fingerprint density at radius 2 is 2.08 bits per heavy atom. The van der Waals surface area contributed by atoms with Crippen molar-refractivity contribution in [2.45, 2.75) is 38.3 Å². The van der Waals surface area contributed by atoms with Crippen molar-refractivity contribution in [1.29, 1.82) is 5.26 Å². The highest BCUT2D eigenvalue weighted by Gasteiger charge is 2.42. The topological polar surface area (TPSA) is 115 Å². The number of aromatic nitrogens is 6. The highest BCUT2D eigenvalue weighted by atomic mass is 32.1. The smallest absolute Gasteiger partial charge is 0.271 e. The molecule has 0 unspecified atom stereocenters. The number of nitrogens with zero attached hydrogens (tertiary/aromatic N) is 8. The quantitative estimate of drug-likeness (QED) is 0.421. The normalized spacial score (nSPS) is 18.6. The molecule has 182 valence electrons. The summed E-state index contributed by atoms with van der Waals surface area (Å²) in [6.07, 6.45) is 4.07. The van der Waals surface area contributed by atoms with Gasteiger partial charge in [0.15, 0.2) is 0 Å². The fraction of sp³-hybridized carbons (Fsp3) is 0.360. The number of hydrogen-bond acceptors (Lipinski definition) is 8. The van der Waals surface area contributed by atoms with E-state index in [1.54, 1.807) is 24.6 Å². The number of methoxy groups -OCH3 is 1. The second kappa shape index (κ2) is 8.27. The number of hydrogen-bond donors (Lipinski definition) is 0. The molecular formula is C25H24N8O2S. The highest BCUT2D eigenvalue weighted by molar-refractivity contribution is 7.13. The standard InChI is InChI=1S/C25H24N8O2S/c1-25(13-26)6-4-7-33(25)24(34)19-11-18(21-12-27-14-36-21)22-16-10-17(23-28-30-31(2)29-23)20(35-3)9-15(16)5-8-32(19)22/h9-12,14H,4-8H2,1-3H3/t25-/m1/s1. The van der Waals surface area contributed by atoms with Gasteiger partial charge in [-0.2, -0.15) is 10.1 Å². The maximum atomic E-state index is 13.9. The molecular weight excluding hydrogens is 476 g/mol. The molecule has 3 aromatic heterocycles. The van der Waals surface area contributed by atoms with Crippen LogP contribution in [0.25, 0.3) is 33.1 Å². The Morgan fingerprint density at radius 3 is 2.78 bits per heavy atom. The first-order valence-corrected chi connectivity index (χ1v) is 12.6. The number of fused-ring (bicyclic) bond motifs is 3. The minimum absolute atomic E-state index is 0.110. The summed E-state index contributed by atoms with van der Waals surface area (Å²) >= 11 is 1.53. The number of carbonyl (C=O) groups is 1. The third-order valence-electron chi connectivity index (χ3n) is 7.18. The van der Waals surface area contributed by atoms with Gasteiger partial charge in [-0.1, -0.05) is 0 Å². The van der Waals surface area contributed by atoms with Gasteiger partial charge in [0, 0.05) is 30.4 Å². The van der Waals surface area contributed by atoms with Crippen LogP contribution < -0.4 is 4.74 Å². The molecule has 1 amide bonds. The average molecular weight is 501 g/mol. The van der Waals surface area contributed by atoms with E-state index >= 15 is 0 Å². The van der Waals surface area contributed by atoms with Crippen LogP contribution >= 0.6 is 11.3 Å². The van der Waals surface area contributed by atoms with Crippen molar-refractivity contribution >= 4 is 17.2 Å². The van der Waals surface area contributed by atoms with Gasteiger partial charge in [-0.05, 0) is 55.2 Å². The number of benzene rings is 1. The summed E-state index contributed by atoms with van der Waals surface area (Å²) in [4.78, 5) is 22.3. The second-order valence-corrected chi connectivity index (χ2v) is 10.2. The number of nitriles is 1. The minimum atomic E-state index is -0.794. The van der Waals surface area contributed by atoms with Gasteiger partial charge in [0.25, 0.3) is 5.91 Å². The summed E-state index contributed by atoms with van der Waals surface area (Å²) < 4.78 is 7.78. The molecule has 5 heterocycles. The molecule has 1 aromatic carbocycles. The molecule has 6 rings (SSSR count). The summed E-state index contributed by atoms with van der Waals surface area (Å²) in [5.41, 5.74) is 6.35. The SMILES string of the molecule is COc1cc2c(cc1-c1nnn(C)n1)-c1c(-c3cncs3)cc(C(=O)N3CCC[C@]3(C)C#N)n1CC2. The lowest BCUT2D eigenvalue weighted by molar-refractivity contribution is 0.0682. The van der Waals surface area contributed by atoms with Crippen LogP contribution in [-0.2, 0) is 20.0 Å². The molecule has 0 bridgehead atoms. The van der Waals surface area contributed by atoms with Crippen LogP contribution in [0.5, 0.6) is 5.75 Å². The Labute approximate surface area is 211 Å². The lowest BCUT2D eigenvalue weighted by Gasteiger charge is -2.30. The van der Waals surface area contributed by atoms with E-state index in [1.165, 1.54) is 16.1 Å². The Morgan fingerprint density at radius 1 is 1.22 bits per heavy atom. The van der Waals surface area contributed by atoms with E-state index < -0.39 is 5.54 Å². The number of thiazole rings is 1. The number of aryl methyl sites for hydroxylation is 2. The van der Waals surface area contributed by atoms with Crippen LogP contribution in [0.3, 0.4) is 0 Å². The van der Waals surface area contributed by atoms with Crippen molar-refractivity contribution in [2.75, 3.05) is 13.7 Å². The molecule has 0 aliphatic carbocycles. The Bertz CT molecular complexity index is 1530. The van der Waals surface area contributed by atoms with Crippen molar-refractivity contribution in [3.63, 3.8) is 0 Å². The van der Waals surface area contributed by atoms with Crippen LogP contribution in [0.1, 0.15) is 35.8 Å². The molecule has 11 heteroatoms.